The Hall–Kier alpha value is -1.07. The minimum Gasteiger partial charge on any atom is -0.480 e. The van der Waals surface area contributed by atoms with Gasteiger partial charge in [0.1, 0.15) is 11.8 Å². The number of hydrogen-bond acceptors (Lipinski definition) is 2. The van der Waals surface area contributed by atoms with E-state index < -0.39 is 23.9 Å². The summed E-state index contributed by atoms with van der Waals surface area (Å²) < 4.78 is 35.6. The Labute approximate surface area is 65.9 Å². The highest BCUT2D eigenvalue weighted by atomic mass is 19.4. The fraction of sp³-hybridized carbons (Fsp3) is 0.667. The molecule has 1 aliphatic rings. The molecule has 68 valence electrons. The minimum atomic E-state index is -4.47. The number of nitrogens with zero attached hydrogens (tertiary/aromatic N) is 1. The predicted octanol–water partition coefficient (Wildman–Crippen LogP) is 1.24. The Morgan fingerprint density at radius 3 is 2.42 bits per heavy atom. The Kier molecular flexibility index (Phi) is 2.08. The molecule has 1 atom stereocenters. The molecule has 0 aromatic rings. The number of rotatable bonds is 1. The van der Waals surface area contributed by atoms with Crippen LogP contribution in [0.2, 0.25) is 0 Å². The lowest BCUT2D eigenvalue weighted by atomic mass is 10.2. The van der Waals surface area contributed by atoms with E-state index in [0.29, 0.717) is 0 Å². The van der Waals surface area contributed by atoms with Crippen LogP contribution in [0.15, 0.2) is 4.99 Å². The van der Waals surface area contributed by atoms with Gasteiger partial charge in [-0.15, -0.1) is 0 Å². The van der Waals surface area contributed by atoms with Crippen LogP contribution in [0.4, 0.5) is 13.2 Å². The van der Waals surface area contributed by atoms with Gasteiger partial charge in [0.25, 0.3) is 0 Å². The molecular weight excluding hydrogens is 175 g/mol. The van der Waals surface area contributed by atoms with Gasteiger partial charge in [0.2, 0.25) is 0 Å². The summed E-state index contributed by atoms with van der Waals surface area (Å²) in [7, 11) is 0. The third-order valence-electron chi connectivity index (χ3n) is 1.58. The molecule has 0 spiro atoms. The van der Waals surface area contributed by atoms with Gasteiger partial charge in [-0.2, -0.15) is 13.2 Å². The smallest absolute Gasteiger partial charge is 0.429 e. The van der Waals surface area contributed by atoms with Crippen molar-refractivity contribution in [3.63, 3.8) is 0 Å². The van der Waals surface area contributed by atoms with Crippen LogP contribution in [-0.2, 0) is 4.79 Å². The van der Waals surface area contributed by atoms with Crippen molar-refractivity contribution in [2.45, 2.75) is 25.1 Å². The number of aliphatic imine (C=N–C) groups is 1. The van der Waals surface area contributed by atoms with Crippen molar-refractivity contribution in [3.8, 4) is 0 Å². The molecule has 0 aromatic carbocycles. The van der Waals surface area contributed by atoms with E-state index in [1.54, 1.807) is 0 Å². The second-order valence-electron chi connectivity index (χ2n) is 2.47. The number of carboxylic acid groups (broad SMARTS) is 1. The topological polar surface area (TPSA) is 49.7 Å². The molecule has 1 rings (SSSR count). The first kappa shape index (κ1) is 9.02. The summed E-state index contributed by atoms with van der Waals surface area (Å²) >= 11 is 0. The SMILES string of the molecule is O=C(O)[C@@H]1CCC(C(F)(F)F)=N1. The standard InChI is InChI=1S/C6H6F3NO2/c7-6(8,9)4-2-1-3(10-4)5(11)12/h3H,1-2H2,(H,11,12)/t3-/m0/s1. The molecule has 0 fully saturated rings. The zero-order valence-corrected chi connectivity index (χ0v) is 5.93. The maximum Gasteiger partial charge on any atom is 0.429 e. The quantitative estimate of drug-likeness (QED) is 0.661. The van der Waals surface area contributed by atoms with E-state index in [1.165, 1.54) is 0 Å². The molecule has 0 bridgehead atoms. The van der Waals surface area contributed by atoms with Crippen molar-refractivity contribution in [1.29, 1.82) is 0 Å². The number of halogens is 3. The van der Waals surface area contributed by atoms with E-state index in [9.17, 15) is 18.0 Å². The maximum atomic E-state index is 11.9. The molecule has 0 saturated carbocycles. The lowest BCUT2D eigenvalue weighted by Gasteiger charge is -2.03. The fourth-order valence-corrected chi connectivity index (χ4v) is 0.984. The summed E-state index contributed by atoms with van der Waals surface area (Å²) in [5.74, 6) is -1.30. The van der Waals surface area contributed by atoms with Crippen LogP contribution in [0.25, 0.3) is 0 Å². The van der Waals surface area contributed by atoms with Crippen molar-refractivity contribution in [3.05, 3.63) is 0 Å². The van der Waals surface area contributed by atoms with Gasteiger partial charge >= 0.3 is 12.1 Å². The molecule has 1 aliphatic heterocycles. The van der Waals surface area contributed by atoms with Crippen LogP contribution >= 0.6 is 0 Å². The highest BCUT2D eigenvalue weighted by Gasteiger charge is 2.40. The molecule has 0 radical (unpaired) electrons. The van der Waals surface area contributed by atoms with Gasteiger partial charge in [-0.3, -0.25) is 4.99 Å². The Bertz CT molecular complexity index is 233. The molecule has 1 N–H and O–H groups in total. The van der Waals surface area contributed by atoms with Gasteiger partial charge < -0.3 is 5.11 Å². The number of carboxylic acids is 1. The Balaban J connectivity index is 2.73. The normalized spacial score (nSPS) is 23.9. The lowest BCUT2D eigenvalue weighted by molar-refractivity contribution is -0.138. The largest absolute Gasteiger partial charge is 0.480 e. The van der Waals surface area contributed by atoms with Crippen LogP contribution in [0, 0.1) is 0 Å². The van der Waals surface area contributed by atoms with Crippen LogP contribution in [0.1, 0.15) is 12.8 Å². The fourth-order valence-electron chi connectivity index (χ4n) is 0.984. The van der Waals surface area contributed by atoms with Crippen LogP contribution in [0.3, 0.4) is 0 Å². The number of alkyl halides is 3. The third-order valence-corrected chi connectivity index (χ3v) is 1.58. The highest BCUT2D eigenvalue weighted by Crippen LogP contribution is 2.26. The van der Waals surface area contributed by atoms with E-state index in [2.05, 4.69) is 4.99 Å². The zero-order valence-electron chi connectivity index (χ0n) is 5.93. The Morgan fingerprint density at radius 2 is 2.17 bits per heavy atom. The third kappa shape index (κ3) is 1.75. The summed E-state index contributed by atoms with van der Waals surface area (Å²) in [6.07, 6.45) is -4.81. The summed E-state index contributed by atoms with van der Waals surface area (Å²) in [5, 5.41) is 8.32. The first-order valence-corrected chi connectivity index (χ1v) is 3.28. The molecule has 0 unspecified atom stereocenters. The summed E-state index contributed by atoms with van der Waals surface area (Å²) in [5.41, 5.74) is -0.963. The zero-order chi connectivity index (χ0) is 9.35. The van der Waals surface area contributed by atoms with Gasteiger partial charge in [0.05, 0.1) is 0 Å². The molecule has 1 heterocycles. The van der Waals surface area contributed by atoms with E-state index >= 15 is 0 Å². The second kappa shape index (κ2) is 2.76. The predicted molar refractivity (Wildman–Crippen MR) is 34.1 cm³/mol. The first-order valence-electron chi connectivity index (χ1n) is 3.28. The molecular formula is C6H6F3NO2. The van der Waals surface area contributed by atoms with E-state index in [4.69, 9.17) is 5.11 Å². The molecule has 12 heavy (non-hydrogen) atoms. The molecule has 0 saturated heterocycles. The van der Waals surface area contributed by atoms with Gasteiger partial charge in [-0.25, -0.2) is 4.79 Å². The maximum absolute atomic E-state index is 11.9. The average Bonchev–Trinajstić information content (AvgIpc) is 2.30. The molecule has 0 aromatic heterocycles. The monoisotopic (exact) mass is 181 g/mol. The van der Waals surface area contributed by atoms with Gasteiger partial charge in [0.15, 0.2) is 0 Å². The van der Waals surface area contributed by atoms with Crippen LogP contribution in [-0.4, -0.2) is 29.0 Å². The number of hydrogen-bond donors (Lipinski definition) is 1. The van der Waals surface area contributed by atoms with E-state index in [0.717, 1.165) is 0 Å². The minimum absolute atomic E-state index is 0.0514. The second-order valence-corrected chi connectivity index (χ2v) is 2.47. The van der Waals surface area contributed by atoms with Crippen LogP contribution < -0.4 is 0 Å². The highest BCUT2D eigenvalue weighted by molar-refractivity contribution is 5.94. The van der Waals surface area contributed by atoms with E-state index in [1.807, 2.05) is 0 Å². The van der Waals surface area contributed by atoms with Crippen molar-refractivity contribution < 1.29 is 23.1 Å². The van der Waals surface area contributed by atoms with E-state index in [-0.39, 0.29) is 12.8 Å². The number of aliphatic carboxylic acids is 1. The number of carbonyl (C=O) groups is 1. The van der Waals surface area contributed by atoms with Gasteiger partial charge in [-0.1, -0.05) is 0 Å². The summed E-state index contributed by atoms with van der Waals surface area (Å²) in [6, 6.07) is -1.21. The lowest BCUT2D eigenvalue weighted by Crippen LogP contribution is -2.20. The molecule has 3 nitrogen and oxygen atoms in total. The molecule has 6 heteroatoms. The van der Waals surface area contributed by atoms with Crippen molar-refractivity contribution in [1.82, 2.24) is 0 Å². The van der Waals surface area contributed by atoms with Crippen molar-refractivity contribution >= 4 is 11.7 Å². The summed E-state index contributed by atoms with van der Waals surface area (Å²) in [6.45, 7) is 0. The Morgan fingerprint density at radius 1 is 1.58 bits per heavy atom. The van der Waals surface area contributed by atoms with Crippen LogP contribution in [0.5, 0.6) is 0 Å². The molecule has 0 aliphatic carbocycles. The van der Waals surface area contributed by atoms with Gasteiger partial charge in [-0.05, 0) is 12.8 Å². The van der Waals surface area contributed by atoms with Crippen molar-refractivity contribution in [2.24, 2.45) is 4.99 Å². The first-order chi connectivity index (χ1) is 5.41. The summed E-state index contributed by atoms with van der Waals surface area (Å²) in [4.78, 5) is 13.3. The molecule has 0 amide bonds. The van der Waals surface area contributed by atoms with Gasteiger partial charge in [0, 0.05) is 0 Å². The average molecular weight is 181 g/mol. The van der Waals surface area contributed by atoms with Crippen molar-refractivity contribution in [2.75, 3.05) is 0 Å².